The van der Waals surface area contributed by atoms with Crippen LogP contribution >= 0.6 is 60.7 Å². The van der Waals surface area contributed by atoms with E-state index in [2.05, 4.69) is 5.32 Å². The third-order valence-electron chi connectivity index (χ3n) is 3.01. The van der Waals surface area contributed by atoms with Crippen LogP contribution in [0.15, 0.2) is 48.7 Å². The van der Waals surface area contributed by atoms with E-state index in [9.17, 15) is 29.3 Å². The van der Waals surface area contributed by atoms with Crippen LogP contribution in [0.1, 0.15) is 10.4 Å². The predicted molar refractivity (Wildman–Crippen MR) is 97.3 cm³/mol. The molecule has 0 unspecified atom stereocenters. The summed E-state index contributed by atoms with van der Waals surface area (Å²) in [6.07, 6.45) is 0. The fourth-order valence-electron chi connectivity index (χ4n) is 1.94. The van der Waals surface area contributed by atoms with Crippen LogP contribution in [0, 0.1) is 0 Å². The molecule has 140 valence electrons. The Balaban J connectivity index is 2.64. The molecule has 0 fully saturated rings. The minimum Gasteiger partial charge on any atom is -0.508 e. The van der Waals surface area contributed by atoms with Crippen molar-refractivity contribution in [2.45, 2.75) is 24.5 Å². The van der Waals surface area contributed by atoms with Crippen LogP contribution in [0.2, 0.25) is 0 Å². The van der Waals surface area contributed by atoms with Gasteiger partial charge in [-0.2, -0.15) is 19.4 Å². The molecule has 1 amide bonds. The average Bonchev–Trinajstić information content (AvgIpc) is 2.66. The first-order valence-corrected chi connectivity index (χ1v) is 9.88. The van der Waals surface area contributed by atoms with Crippen molar-refractivity contribution in [3.8, 4) is 5.75 Å². The molecule has 0 aliphatic rings. The second-order valence-electron chi connectivity index (χ2n) is 4.41. The standard InChI is InChI=1S/C13H6F5NO2S5/c14-22-8-7(19-13(21)5-2-1-3-6(20)4-5)9(23-15)11(25-17)12(26-18)10(8)24-16/h1-4,20H,(H,19,21). The Morgan fingerprint density at radius 3 is 1.69 bits per heavy atom. The van der Waals surface area contributed by atoms with Crippen LogP contribution in [0.4, 0.5) is 25.1 Å². The van der Waals surface area contributed by atoms with Gasteiger partial charge in [0, 0.05) is 5.56 Å². The molecule has 0 aliphatic heterocycles. The van der Waals surface area contributed by atoms with Crippen LogP contribution in [-0.2, 0) is 0 Å². The Kier molecular flexibility index (Phi) is 8.13. The molecule has 26 heavy (non-hydrogen) atoms. The third-order valence-corrected chi connectivity index (χ3v) is 6.34. The highest BCUT2D eigenvalue weighted by molar-refractivity contribution is 8.00. The first-order valence-electron chi connectivity index (χ1n) is 6.29. The molecule has 0 bridgehead atoms. The van der Waals surface area contributed by atoms with E-state index in [0.717, 1.165) is 6.07 Å². The molecule has 0 saturated heterocycles. The summed E-state index contributed by atoms with van der Waals surface area (Å²) in [6, 6.07) is 5.04. The Morgan fingerprint density at radius 2 is 1.27 bits per heavy atom. The normalized spacial score (nSPS) is 10.8. The number of carbonyl (C=O) groups is 1. The van der Waals surface area contributed by atoms with Gasteiger partial charge in [-0.25, -0.2) is 0 Å². The Morgan fingerprint density at radius 1 is 0.808 bits per heavy atom. The van der Waals surface area contributed by atoms with E-state index >= 15 is 0 Å². The summed E-state index contributed by atoms with van der Waals surface area (Å²) in [5.41, 5.74) is -0.612. The summed E-state index contributed by atoms with van der Waals surface area (Å²) in [4.78, 5) is 9.18. The Hall–Kier alpha value is -0.890. The minimum absolute atomic E-state index is 0.0672. The topological polar surface area (TPSA) is 49.3 Å². The summed E-state index contributed by atoms with van der Waals surface area (Å²) in [6.45, 7) is 0. The Bertz CT molecular complexity index is 793. The van der Waals surface area contributed by atoms with E-state index in [1.54, 1.807) is 0 Å². The highest BCUT2D eigenvalue weighted by Gasteiger charge is 2.29. The van der Waals surface area contributed by atoms with Gasteiger partial charge in [0.15, 0.2) is 0 Å². The van der Waals surface area contributed by atoms with Crippen LogP contribution in [0.25, 0.3) is 0 Å². The summed E-state index contributed by atoms with van der Waals surface area (Å²) in [5.74, 6) is -1.13. The van der Waals surface area contributed by atoms with Gasteiger partial charge in [0.25, 0.3) is 5.91 Å². The summed E-state index contributed by atoms with van der Waals surface area (Å²) < 4.78 is 66.4. The van der Waals surface area contributed by atoms with E-state index in [1.165, 1.54) is 18.2 Å². The molecule has 0 aliphatic carbocycles. The molecule has 2 N–H and O–H groups in total. The zero-order valence-electron chi connectivity index (χ0n) is 12.1. The van der Waals surface area contributed by atoms with Gasteiger partial charge in [-0.3, -0.25) is 4.79 Å². The molecule has 0 spiro atoms. The highest BCUT2D eigenvalue weighted by atomic mass is 32.2. The second-order valence-corrected chi connectivity index (χ2v) is 7.22. The zero-order valence-corrected chi connectivity index (χ0v) is 16.2. The van der Waals surface area contributed by atoms with Gasteiger partial charge in [0.05, 0.1) is 90.9 Å². The number of rotatable bonds is 7. The molecule has 0 atom stereocenters. The van der Waals surface area contributed by atoms with Gasteiger partial charge < -0.3 is 10.4 Å². The maximum atomic E-state index is 13.4. The lowest BCUT2D eigenvalue weighted by molar-refractivity contribution is 0.102. The number of phenols is 1. The smallest absolute Gasteiger partial charge is 0.255 e. The van der Waals surface area contributed by atoms with Gasteiger partial charge in [0.2, 0.25) is 0 Å². The highest BCUT2D eigenvalue weighted by Crippen LogP contribution is 2.54. The molecule has 0 radical (unpaired) electrons. The van der Waals surface area contributed by atoms with Crippen molar-refractivity contribution in [1.82, 2.24) is 0 Å². The molecule has 13 heteroatoms. The molecule has 2 rings (SSSR count). The number of aromatic hydroxyl groups is 1. The van der Waals surface area contributed by atoms with Crippen molar-refractivity contribution in [3.05, 3.63) is 29.8 Å². The monoisotopic (exact) mass is 463 g/mol. The fraction of sp³-hybridized carbons (Fsp3) is 0. The van der Waals surface area contributed by atoms with Gasteiger partial charge in [-0.15, -0.1) is 0 Å². The summed E-state index contributed by atoms with van der Waals surface area (Å²) >= 11 is -2.80. The number of halogens is 5. The quantitative estimate of drug-likeness (QED) is 0.412. The number of nitrogens with one attached hydrogen (secondary N) is 1. The number of carbonyl (C=O) groups excluding carboxylic acids is 1. The van der Waals surface area contributed by atoms with Crippen molar-refractivity contribution >= 4 is 72.3 Å². The SMILES string of the molecule is O=C(Nc1c(SF)c(SF)c(SF)c(SF)c1SF)c1cccc(O)c1. The van der Waals surface area contributed by atoms with Crippen molar-refractivity contribution in [1.29, 1.82) is 0 Å². The summed E-state index contributed by atoms with van der Waals surface area (Å²) in [5, 5.41) is 11.6. The van der Waals surface area contributed by atoms with Gasteiger partial charge >= 0.3 is 0 Å². The number of anilines is 1. The number of phenolic OH excluding ortho intramolecular Hbond substituents is 1. The van der Waals surface area contributed by atoms with Crippen LogP contribution in [-0.4, -0.2) is 11.0 Å². The molecule has 3 nitrogen and oxygen atoms in total. The minimum atomic E-state index is -0.892. The van der Waals surface area contributed by atoms with Gasteiger partial charge in [0.1, 0.15) is 5.75 Å². The first-order chi connectivity index (χ1) is 12.5. The lowest BCUT2D eigenvalue weighted by Gasteiger charge is -2.18. The molecule has 0 aromatic heterocycles. The van der Waals surface area contributed by atoms with E-state index in [0.29, 0.717) is 0 Å². The average molecular weight is 464 g/mol. The van der Waals surface area contributed by atoms with E-state index in [4.69, 9.17) is 0 Å². The van der Waals surface area contributed by atoms with Crippen molar-refractivity contribution in [2.24, 2.45) is 0 Å². The molecule has 2 aromatic rings. The Labute approximate surface area is 166 Å². The number of benzene rings is 2. The maximum absolute atomic E-state index is 13.4. The van der Waals surface area contributed by atoms with Crippen LogP contribution in [0.5, 0.6) is 5.75 Å². The first kappa shape index (κ1) is 21.4. The summed E-state index contributed by atoms with van der Waals surface area (Å²) in [7, 11) is 0. The second kappa shape index (κ2) is 9.88. The van der Waals surface area contributed by atoms with Gasteiger partial charge in [-0.1, -0.05) is 6.07 Å². The molecular weight excluding hydrogens is 457 g/mol. The van der Waals surface area contributed by atoms with E-state index in [-0.39, 0.29) is 11.3 Å². The predicted octanol–water partition coefficient (Wildman–Crippen LogP) is 7.53. The maximum Gasteiger partial charge on any atom is 0.255 e. The zero-order chi connectivity index (χ0) is 19.3. The number of hydrogen-bond acceptors (Lipinski definition) is 7. The fourth-order valence-corrected chi connectivity index (χ4v) is 4.80. The number of hydrogen-bond donors (Lipinski definition) is 2. The molecule has 2 aromatic carbocycles. The van der Waals surface area contributed by atoms with E-state index < -0.39 is 96.8 Å². The molecular formula is C13H6F5NO2S5. The van der Waals surface area contributed by atoms with Crippen molar-refractivity contribution in [3.63, 3.8) is 0 Å². The number of amides is 1. The lowest BCUT2D eigenvalue weighted by Crippen LogP contribution is -2.14. The van der Waals surface area contributed by atoms with Crippen molar-refractivity contribution in [2.75, 3.05) is 5.32 Å². The third kappa shape index (κ3) is 4.32. The lowest BCUT2D eigenvalue weighted by atomic mass is 10.2. The molecule has 0 heterocycles. The van der Waals surface area contributed by atoms with Gasteiger partial charge in [-0.05, 0) is 18.2 Å². The van der Waals surface area contributed by atoms with Crippen LogP contribution in [0.3, 0.4) is 0 Å². The van der Waals surface area contributed by atoms with Crippen LogP contribution < -0.4 is 5.32 Å². The van der Waals surface area contributed by atoms with Crippen molar-refractivity contribution < 1.29 is 29.3 Å². The van der Waals surface area contributed by atoms with E-state index in [1.807, 2.05) is 0 Å². The molecule has 0 saturated carbocycles. The largest absolute Gasteiger partial charge is 0.508 e.